The molecule has 2 rings (SSSR count). The second kappa shape index (κ2) is 5.57. The number of anilines is 1. The summed E-state index contributed by atoms with van der Waals surface area (Å²) >= 11 is 0. The molecule has 2 aromatic heterocycles. The van der Waals surface area contributed by atoms with Gasteiger partial charge in [0.2, 0.25) is 5.91 Å². The molecule has 0 aliphatic heterocycles. The minimum atomic E-state index is -0.607. The largest absolute Gasteiger partial charge is 0.360 e. The molecule has 1 amide bonds. The van der Waals surface area contributed by atoms with Gasteiger partial charge in [0.05, 0.1) is 11.1 Å². The van der Waals surface area contributed by atoms with Crippen molar-refractivity contribution in [2.75, 3.05) is 5.32 Å². The van der Waals surface area contributed by atoms with Gasteiger partial charge in [0.25, 0.3) is 11.2 Å². The first-order valence-corrected chi connectivity index (χ1v) is 5.95. The summed E-state index contributed by atoms with van der Waals surface area (Å²) in [5, 5.41) is 16.8. The number of pyridine rings is 1. The number of aryl methyl sites for hydroxylation is 2. The predicted molar refractivity (Wildman–Crippen MR) is 72.0 cm³/mol. The SMILES string of the molecule is Cc1cc(NC(=O)Cn2cc([N+](=O)[O-])c(C)cc2=O)no1. The smallest absolute Gasteiger partial charge is 0.288 e. The molecule has 0 saturated carbocycles. The Morgan fingerprint density at radius 1 is 1.48 bits per heavy atom. The van der Waals surface area contributed by atoms with Crippen molar-refractivity contribution in [3.8, 4) is 0 Å². The van der Waals surface area contributed by atoms with E-state index in [1.54, 1.807) is 6.92 Å². The zero-order chi connectivity index (χ0) is 15.6. The van der Waals surface area contributed by atoms with Crippen LogP contribution < -0.4 is 10.9 Å². The molecule has 0 atom stereocenters. The van der Waals surface area contributed by atoms with Gasteiger partial charge in [-0.1, -0.05) is 5.16 Å². The Bertz CT molecular complexity index is 761. The van der Waals surface area contributed by atoms with Crippen LogP contribution in [0.4, 0.5) is 11.5 Å². The predicted octanol–water partition coefficient (Wildman–Crippen LogP) is 1.00. The number of nitro groups is 1. The van der Waals surface area contributed by atoms with Crippen molar-refractivity contribution in [2.45, 2.75) is 20.4 Å². The fourth-order valence-electron chi connectivity index (χ4n) is 1.73. The van der Waals surface area contributed by atoms with Crippen LogP contribution in [0.25, 0.3) is 0 Å². The van der Waals surface area contributed by atoms with Crippen molar-refractivity contribution < 1.29 is 14.2 Å². The third-order valence-corrected chi connectivity index (χ3v) is 2.71. The number of nitrogens with one attached hydrogen (secondary N) is 1. The average Bonchev–Trinajstić information content (AvgIpc) is 2.77. The van der Waals surface area contributed by atoms with Crippen LogP contribution in [0.1, 0.15) is 11.3 Å². The average molecular weight is 292 g/mol. The molecule has 9 heteroatoms. The van der Waals surface area contributed by atoms with Gasteiger partial charge in [-0.25, -0.2) is 0 Å². The van der Waals surface area contributed by atoms with Crippen LogP contribution in [0.3, 0.4) is 0 Å². The van der Waals surface area contributed by atoms with Gasteiger partial charge < -0.3 is 9.84 Å². The second-order valence-corrected chi connectivity index (χ2v) is 4.44. The quantitative estimate of drug-likeness (QED) is 0.663. The molecule has 0 spiro atoms. The molecule has 0 bridgehead atoms. The van der Waals surface area contributed by atoms with Crippen molar-refractivity contribution in [1.29, 1.82) is 0 Å². The van der Waals surface area contributed by atoms with Crippen LogP contribution in [0, 0.1) is 24.0 Å². The summed E-state index contributed by atoms with van der Waals surface area (Å²) in [7, 11) is 0. The number of aromatic nitrogens is 2. The summed E-state index contributed by atoms with van der Waals surface area (Å²) in [6.45, 7) is 2.77. The molecule has 2 heterocycles. The zero-order valence-electron chi connectivity index (χ0n) is 11.3. The van der Waals surface area contributed by atoms with Gasteiger partial charge in [0.1, 0.15) is 12.3 Å². The summed E-state index contributed by atoms with van der Waals surface area (Å²) < 4.78 is 5.75. The molecule has 110 valence electrons. The van der Waals surface area contributed by atoms with E-state index in [-0.39, 0.29) is 23.6 Å². The summed E-state index contributed by atoms with van der Waals surface area (Å²) in [5.41, 5.74) is -0.474. The molecule has 21 heavy (non-hydrogen) atoms. The molecule has 0 aliphatic carbocycles. The van der Waals surface area contributed by atoms with Crippen LogP contribution in [0.2, 0.25) is 0 Å². The van der Waals surface area contributed by atoms with Gasteiger partial charge >= 0.3 is 0 Å². The molecular weight excluding hydrogens is 280 g/mol. The van der Waals surface area contributed by atoms with E-state index in [0.29, 0.717) is 5.76 Å². The molecule has 1 N–H and O–H groups in total. The van der Waals surface area contributed by atoms with E-state index in [0.717, 1.165) is 16.8 Å². The van der Waals surface area contributed by atoms with Crippen molar-refractivity contribution in [2.24, 2.45) is 0 Å². The van der Waals surface area contributed by atoms with E-state index >= 15 is 0 Å². The van der Waals surface area contributed by atoms with Crippen molar-refractivity contribution in [3.05, 3.63) is 50.1 Å². The Hall–Kier alpha value is -2.97. The van der Waals surface area contributed by atoms with Gasteiger partial charge in [-0.05, 0) is 13.8 Å². The van der Waals surface area contributed by atoms with Crippen molar-refractivity contribution in [3.63, 3.8) is 0 Å². The number of carbonyl (C=O) groups excluding carboxylic acids is 1. The van der Waals surface area contributed by atoms with Crippen LogP contribution in [-0.2, 0) is 11.3 Å². The second-order valence-electron chi connectivity index (χ2n) is 4.44. The Morgan fingerprint density at radius 3 is 2.76 bits per heavy atom. The fourth-order valence-corrected chi connectivity index (χ4v) is 1.73. The Kier molecular flexibility index (Phi) is 3.83. The molecular formula is C12H12N4O5. The van der Waals surface area contributed by atoms with E-state index in [1.807, 2.05) is 0 Å². The first kappa shape index (κ1) is 14.4. The molecule has 0 saturated heterocycles. The standard InChI is InChI=1S/C12H12N4O5/c1-7-3-12(18)15(5-9(7)16(19)20)6-11(17)13-10-4-8(2)21-14-10/h3-5H,6H2,1-2H3,(H,13,14,17). The number of carbonyl (C=O) groups is 1. The molecule has 0 aromatic carbocycles. The third-order valence-electron chi connectivity index (χ3n) is 2.71. The van der Waals surface area contributed by atoms with Gasteiger partial charge in [-0.3, -0.25) is 24.3 Å². The van der Waals surface area contributed by atoms with Crippen LogP contribution >= 0.6 is 0 Å². The monoisotopic (exact) mass is 292 g/mol. The van der Waals surface area contributed by atoms with E-state index in [9.17, 15) is 19.7 Å². The topological polar surface area (TPSA) is 120 Å². The summed E-state index contributed by atoms with van der Waals surface area (Å²) in [6.07, 6.45) is 1.05. The Morgan fingerprint density at radius 2 is 2.19 bits per heavy atom. The lowest BCUT2D eigenvalue weighted by Crippen LogP contribution is -2.27. The summed E-state index contributed by atoms with van der Waals surface area (Å²) in [4.78, 5) is 33.7. The highest BCUT2D eigenvalue weighted by molar-refractivity contribution is 5.89. The molecule has 2 aromatic rings. The van der Waals surface area contributed by atoms with Crippen LogP contribution in [-0.4, -0.2) is 20.6 Å². The summed E-state index contributed by atoms with van der Waals surface area (Å²) in [5.74, 6) is 0.198. The number of hydrogen-bond donors (Lipinski definition) is 1. The van der Waals surface area contributed by atoms with Crippen molar-refractivity contribution >= 4 is 17.4 Å². The van der Waals surface area contributed by atoms with Crippen LogP contribution in [0.15, 0.2) is 27.6 Å². The highest BCUT2D eigenvalue weighted by atomic mass is 16.6. The maximum absolute atomic E-state index is 11.8. The maximum atomic E-state index is 11.8. The van der Waals surface area contributed by atoms with Crippen LogP contribution in [0.5, 0.6) is 0 Å². The van der Waals surface area contributed by atoms with Gasteiger partial charge in [0, 0.05) is 17.7 Å². The molecule has 0 fully saturated rings. The summed E-state index contributed by atoms with van der Waals surface area (Å²) in [6, 6.07) is 2.63. The van der Waals surface area contributed by atoms with Crippen molar-refractivity contribution in [1.82, 2.24) is 9.72 Å². The number of nitrogens with zero attached hydrogens (tertiary/aromatic N) is 3. The van der Waals surface area contributed by atoms with Gasteiger partial charge in [-0.15, -0.1) is 0 Å². The zero-order valence-corrected chi connectivity index (χ0v) is 11.3. The lowest BCUT2D eigenvalue weighted by Gasteiger charge is -2.06. The highest BCUT2D eigenvalue weighted by Gasteiger charge is 2.15. The number of rotatable bonds is 4. The lowest BCUT2D eigenvalue weighted by atomic mass is 10.2. The first-order valence-electron chi connectivity index (χ1n) is 5.95. The number of hydrogen-bond acceptors (Lipinski definition) is 6. The lowest BCUT2D eigenvalue weighted by molar-refractivity contribution is -0.385. The first-order chi connectivity index (χ1) is 9.86. The Balaban J connectivity index is 2.19. The van der Waals surface area contributed by atoms with E-state index < -0.39 is 16.4 Å². The maximum Gasteiger partial charge on any atom is 0.288 e. The third kappa shape index (κ3) is 3.32. The normalized spacial score (nSPS) is 10.4. The minimum absolute atomic E-state index is 0.215. The van der Waals surface area contributed by atoms with Gasteiger partial charge in [-0.2, -0.15) is 0 Å². The molecule has 9 nitrogen and oxygen atoms in total. The molecule has 0 aliphatic rings. The highest BCUT2D eigenvalue weighted by Crippen LogP contribution is 2.14. The Labute approximate surface area is 118 Å². The molecule has 0 radical (unpaired) electrons. The molecule has 0 unspecified atom stereocenters. The van der Waals surface area contributed by atoms with E-state index in [4.69, 9.17) is 4.52 Å². The number of amides is 1. The minimum Gasteiger partial charge on any atom is -0.360 e. The van der Waals surface area contributed by atoms with E-state index in [2.05, 4.69) is 10.5 Å². The fraction of sp³-hybridized carbons (Fsp3) is 0.250. The van der Waals surface area contributed by atoms with Gasteiger partial charge in [0.15, 0.2) is 5.82 Å². The van der Waals surface area contributed by atoms with E-state index in [1.165, 1.54) is 13.0 Å².